The number of aryl methyl sites for hydroxylation is 1. The molecule has 2 rings (SSSR count). The molecule has 0 bridgehead atoms. The van der Waals surface area contributed by atoms with E-state index in [9.17, 15) is 15.3 Å². The van der Waals surface area contributed by atoms with Gasteiger partial charge in [0.25, 0.3) is 5.01 Å². The first-order valence-corrected chi connectivity index (χ1v) is 5.92. The van der Waals surface area contributed by atoms with E-state index in [1.54, 1.807) is 13.0 Å². The summed E-state index contributed by atoms with van der Waals surface area (Å²) in [6, 6.07) is 2.76. The highest BCUT2D eigenvalue weighted by Crippen LogP contribution is 2.20. The van der Waals surface area contributed by atoms with Gasteiger partial charge in [0.1, 0.15) is 10.7 Å². The van der Waals surface area contributed by atoms with Crippen LogP contribution in [0.1, 0.15) is 21.3 Å². The van der Waals surface area contributed by atoms with Crippen LogP contribution in [0.15, 0.2) is 16.5 Å². The molecule has 2 heterocycles. The predicted octanol–water partition coefficient (Wildman–Crippen LogP) is 2.67. The zero-order chi connectivity index (χ0) is 13.3. The molecule has 0 atom stereocenters. The molecule has 0 unspecified atom stereocenters. The summed E-state index contributed by atoms with van der Waals surface area (Å²) in [5.74, 6) is 0.0218. The standard InChI is InChI=1S/C11H10N2O4S/c1-7-8(2)18-11(12(7)14)6-4-9-3-5-10(17-9)13(15)16/h3-6H,1-2H3/b6-4+. The van der Waals surface area contributed by atoms with Crippen molar-refractivity contribution < 1.29 is 14.1 Å². The first-order valence-electron chi connectivity index (χ1n) is 5.11. The van der Waals surface area contributed by atoms with E-state index in [0.29, 0.717) is 16.5 Å². The molecule has 0 aliphatic carbocycles. The number of aromatic nitrogens is 1. The summed E-state index contributed by atoms with van der Waals surface area (Å²) < 4.78 is 5.78. The van der Waals surface area contributed by atoms with Crippen molar-refractivity contribution in [3.63, 3.8) is 0 Å². The van der Waals surface area contributed by atoms with Gasteiger partial charge in [0, 0.05) is 13.0 Å². The topological polar surface area (TPSA) is 83.2 Å². The largest absolute Gasteiger partial charge is 0.617 e. The summed E-state index contributed by atoms with van der Waals surface area (Å²) in [5, 5.41) is 22.6. The van der Waals surface area contributed by atoms with Gasteiger partial charge >= 0.3 is 5.88 Å². The van der Waals surface area contributed by atoms with Gasteiger partial charge in [-0.15, -0.1) is 0 Å². The summed E-state index contributed by atoms with van der Waals surface area (Å²) in [7, 11) is 0. The van der Waals surface area contributed by atoms with Gasteiger partial charge in [0.05, 0.1) is 10.9 Å². The summed E-state index contributed by atoms with van der Waals surface area (Å²) in [6.45, 7) is 3.61. The summed E-state index contributed by atoms with van der Waals surface area (Å²) >= 11 is 1.36. The quantitative estimate of drug-likeness (QED) is 0.370. The summed E-state index contributed by atoms with van der Waals surface area (Å²) in [4.78, 5) is 10.8. The van der Waals surface area contributed by atoms with E-state index < -0.39 is 4.92 Å². The number of nitro groups is 1. The lowest BCUT2D eigenvalue weighted by Crippen LogP contribution is -2.29. The van der Waals surface area contributed by atoms with Crippen LogP contribution >= 0.6 is 11.3 Å². The average Bonchev–Trinajstić information content (AvgIpc) is 2.88. The lowest BCUT2D eigenvalue weighted by atomic mass is 10.4. The van der Waals surface area contributed by atoms with E-state index in [1.165, 1.54) is 29.5 Å². The number of nitrogens with zero attached hydrogens (tertiary/aromatic N) is 2. The van der Waals surface area contributed by atoms with Crippen LogP contribution < -0.4 is 4.73 Å². The van der Waals surface area contributed by atoms with Crippen LogP contribution in [0, 0.1) is 29.2 Å². The third-order valence-electron chi connectivity index (χ3n) is 2.45. The number of rotatable bonds is 3. The van der Waals surface area contributed by atoms with Gasteiger partial charge in [0.2, 0.25) is 5.69 Å². The molecule has 0 aromatic carbocycles. The highest BCUT2D eigenvalue weighted by atomic mass is 32.1. The third kappa shape index (κ3) is 2.25. The molecular formula is C11H10N2O4S. The van der Waals surface area contributed by atoms with Crippen LogP contribution in [0.4, 0.5) is 5.88 Å². The highest BCUT2D eigenvalue weighted by molar-refractivity contribution is 7.12. The predicted molar refractivity (Wildman–Crippen MR) is 67.0 cm³/mol. The fraction of sp³-hybridized carbons (Fsp3) is 0.182. The lowest BCUT2D eigenvalue weighted by Gasteiger charge is -1.94. The lowest BCUT2D eigenvalue weighted by molar-refractivity contribution is -0.608. The van der Waals surface area contributed by atoms with Crippen molar-refractivity contribution >= 4 is 29.4 Å². The van der Waals surface area contributed by atoms with Gasteiger partial charge in [0.15, 0.2) is 0 Å². The van der Waals surface area contributed by atoms with Gasteiger partial charge in [-0.2, -0.15) is 4.73 Å². The maximum atomic E-state index is 11.7. The molecule has 0 saturated heterocycles. The van der Waals surface area contributed by atoms with E-state index in [2.05, 4.69) is 0 Å². The maximum Gasteiger partial charge on any atom is 0.433 e. The van der Waals surface area contributed by atoms with Crippen LogP contribution in [0.2, 0.25) is 0 Å². The van der Waals surface area contributed by atoms with Crippen molar-refractivity contribution in [1.82, 2.24) is 0 Å². The molecule has 2 aromatic rings. The second kappa shape index (κ2) is 4.61. The Bertz CT molecular complexity index is 627. The van der Waals surface area contributed by atoms with Crippen molar-refractivity contribution in [3.05, 3.63) is 48.8 Å². The van der Waals surface area contributed by atoms with Crippen LogP contribution in [0.3, 0.4) is 0 Å². The van der Waals surface area contributed by atoms with E-state index in [1.807, 2.05) is 6.92 Å². The Kier molecular flexibility index (Phi) is 3.15. The molecule has 2 aromatic heterocycles. The van der Waals surface area contributed by atoms with Crippen LogP contribution in [-0.2, 0) is 0 Å². The van der Waals surface area contributed by atoms with Crippen molar-refractivity contribution in [3.8, 4) is 0 Å². The van der Waals surface area contributed by atoms with Gasteiger partial charge in [-0.25, -0.2) is 0 Å². The number of furan rings is 1. The maximum absolute atomic E-state index is 11.7. The van der Waals surface area contributed by atoms with Crippen LogP contribution in [-0.4, -0.2) is 4.92 Å². The smallest absolute Gasteiger partial charge is 0.433 e. The zero-order valence-electron chi connectivity index (χ0n) is 9.75. The highest BCUT2D eigenvalue weighted by Gasteiger charge is 2.14. The second-order valence-corrected chi connectivity index (χ2v) is 4.88. The molecule has 0 aliphatic rings. The SMILES string of the molecule is Cc1sc(/C=C/c2ccc([N+](=O)[O-])o2)[n+]([O-])c1C. The molecule has 0 aliphatic heterocycles. The van der Waals surface area contributed by atoms with Gasteiger partial charge in [-0.05, 0) is 19.1 Å². The molecule has 0 N–H and O–H groups in total. The van der Waals surface area contributed by atoms with Crippen LogP contribution in [0.25, 0.3) is 12.2 Å². The molecule has 18 heavy (non-hydrogen) atoms. The minimum Gasteiger partial charge on any atom is -0.617 e. The van der Waals surface area contributed by atoms with Crippen molar-refractivity contribution in [2.24, 2.45) is 0 Å². The Morgan fingerprint density at radius 1 is 1.39 bits per heavy atom. The molecule has 0 fully saturated rings. The Morgan fingerprint density at radius 2 is 2.11 bits per heavy atom. The molecule has 6 nitrogen and oxygen atoms in total. The second-order valence-electron chi connectivity index (χ2n) is 3.64. The fourth-order valence-electron chi connectivity index (χ4n) is 1.37. The fourth-order valence-corrected chi connectivity index (χ4v) is 2.27. The monoisotopic (exact) mass is 266 g/mol. The van der Waals surface area contributed by atoms with Gasteiger partial charge < -0.3 is 9.62 Å². The molecule has 0 saturated carbocycles. The number of hydrogen-bond acceptors (Lipinski definition) is 5. The molecular weight excluding hydrogens is 256 g/mol. The first kappa shape index (κ1) is 12.3. The van der Waals surface area contributed by atoms with Crippen molar-refractivity contribution in [1.29, 1.82) is 0 Å². The van der Waals surface area contributed by atoms with E-state index in [4.69, 9.17) is 4.42 Å². The Labute approximate surface area is 107 Å². The average molecular weight is 266 g/mol. The number of hydrogen-bond donors (Lipinski definition) is 0. The van der Waals surface area contributed by atoms with Gasteiger partial charge in [-0.3, -0.25) is 10.1 Å². The molecule has 0 spiro atoms. The molecule has 0 amide bonds. The Morgan fingerprint density at radius 3 is 2.61 bits per heavy atom. The van der Waals surface area contributed by atoms with E-state index in [0.717, 1.165) is 9.61 Å². The first-order chi connectivity index (χ1) is 8.49. The molecule has 0 radical (unpaired) electrons. The zero-order valence-corrected chi connectivity index (χ0v) is 10.6. The molecule has 7 heteroatoms. The minimum absolute atomic E-state index is 0.316. The summed E-state index contributed by atoms with van der Waals surface area (Å²) in [6.07, 6.45) is 3.12. The normalized spacial score (nSPS) is 11.2. The van der Waals surface area contributed by atoms with Crippen LogP contribution in [0.5, 0.6) is 0 Å². The van der Waals surface area contributed by atoms with Crippen molar-refractivity contribution in [2.45, 2.75) is 13.8 Å². The number of thiazole rings is 1. The van der Waals surface area contributed by atoms with Crippen molar-refractivity contribution in [2.75, 3.05) is 0 Å². The van der Waals surface area contributed by atoms with E-state index in [-0.39, 0.29) is 5.88 Å². The summed E-state index contributed by atoms with van der Waals surface area (Å²) in [5.41, 5.74) is 0.657. The Hall–Kier alpha value is -2.15. The van der Waals surface area contributed by atoms with Gasteiger partial charge in [-0.1, -0.05) is 11.3 Å². The third-order valence-corrected chi connectivity index (χ3v) is 3.57. The minimum atomic E-state index is -0.607. The Balaban J connectivity index is 2.24. The van der Waals surface area contributed by atoms with E-state index >= 15 is 0 Å². The molecule has 94 valence electrons.